The molecule has 0 bridgehead atoms. The Morgan fingerprint density at radius 3 is 2.10 bits per heavy atom. The summed E-state index contributed by atoms with van der Waals surface area (Å²) in [6, 6.07) is 16.5. The summed E-state index contributed by atoms with van der Waals surface area (Å²) in [5, 5.41) is 2.30. The Hall–Kier alpha value is -2.62. The highest BCUT2D eigenvalue weighted by Crippen LogP contribution is 2.34. The third-order valence-electron chi connectivity index (χ3n) is 4.16. The first-order chi connectivity index (χ1) is 10.3. The third kappa shape index (κ3) is 1.76. The predicted molar refractivity (Wildman–Crippen MR) is 86.8 cm³/mol. The highest BCUT2D eigenvalue weighted by molar-refractivity contribution is 6.13. The maximum absolute atomic E-state index is 6.28. The zero-order valence-electron chi connectivity index (χ0n) is 12.0. The molecule has 1 aliphatic heterocycles. The van der Waals surface area contributed by atoms with E-state index in [1.165, 1.54) is 0 Å². The van der Waals surface area contributed by atoms with Crippen molar-refractivity contribution in [3.63, 3.8) is 0 Å². The lowest BCUT2D eigenvalue weighted by Crippen LogP contribution is -2.36. The Bertz CT molecular complexity index is 828. The van der Waals surface area contributed by atoms with Crippen LogP contribution in [0.5, 0.6) is 0 Å². The molecule has 2 N–H and O–H groups in total. The highest BCUT2D eigenvalue weighted by atomic mass is 15.3. The van der Waals surface area contributed by atoms with E-state index in [0.717, 1.165) is 46.5 Å². The molecule has 1 aromatic heterocycles. The number of nitrogens with two attached hydrogens (primary N) is 1. The molecule has 0 radical (unpaired) electrons. The number of anilines is 1. The van der Waals surface area contributed by atoms with Gasteiger partial charge in [0, 0.05) is 10.8 Å². The number of hydrogen-bond acceptors (Lipinski definition) is 3. The van der Waals surface area contributed by atoms with Gasteiger partial charge in [-0.05, 0) is 24.3 Å². The lowest BCUT2D eigenvalue weighted by Gasteiger charge is -2.16. The average Bonchev–Trinajstić information content (AvgIpc) is 2.84. The fourth-order valence-electron chi connectivity index (χ4n) is 3.02. The van der Waals surface area contributed by atoms with Crippen LogP contribution in [0.4, 0.5) is 5.69 Å². The number of guanidine groups is 1. The molecule has 0 unspecified atom stereocenters. The minimum absolute atomic E-state index is 0.802. The lowest BCUT2D eigenvalue weighted by atomic mass is 10.1. The standard InChI is InChI=1S/C17H16N4/c1-20-10-11-21(17(20)18)16-12-6-2-4-8-14(12)19-15-9-5-3-7-13(15)16/h2-9,18H,10-11H2,1H3/p+1. The van der Waals surface area contributed by atoms with Crippen molar-refractivity contribution < 1.29 is 4.58 Å². The topological polar surface area (TPSA) is 45.2 Å². The molecule has 3 aromatic rings. The van der Waals surface area contributed by atoms with Crippen molar-refractivity contribution in [2.45, 2.75) is 0 Å². The van der Waals surface area contributed by atoms with Gasteiger partial charge in [0.1, 0.15) is 12.2 Å². The SMILES string of the molecule is C[N+]1=C(N)N(c2c3ccccc3nc3ccccc23)CC1. The quantitative estimate of drug-likeness (QED) is 0.547. The van der Waals surface area contributed by atoms with Crippen LogP contribution in [-0.2, 0) is 0 Å². The summed E-state index contributed by atoms with van der Waals surface area (Å²) in [7, 11) is 2.03. The number of likely N-dealkylation sites (N-methyl/N-ethyl adjacent to an activating group) is 1. The van der Waals surface area contributed by atoms with E-state index < -0.39 is 0 Å². The molecule has 0 fully saturated rings. The molecule has 1 aliphatic rings. The van der Waals surface area contributed by atoms with E-state index in [4.69, 9.17) is 10.7 Å². The minimum Gasteiger partial charge on any atom is -0.290 e. The Labute approximate surface area is 123 Å². The number of nitrogens with zero attached hydrogens (tertiary/aromatic N) is 3. The summed E-state index contributed by atoms with van der Waals surface area (Å²) >= 11 is 0. The fourth-order valence-corrected chi connectivity index (χ4v) is 3.02. The highest BCUT2D eigenvalue weighted by Gasteiger charge is 2.29. The molecule has 4 rings (SSSR count). The summed E-state index contributed by atoms with van der Waals surface area (Å²) < 4.78 is 2.09. The molecule has 104 valence electrons. The molecule has 0 spiro atoms. The first-order valence-electron chi connectivity index (χ1n) is 7.14. The fraction of sp³-hybridized carbons (Fsp3) is 0.176. The number of benzene rings is 2. The summed E-state index contributed by atoms with van der Waals surface area (Å²) in [4.78, 5) is 6.96. The maximum Gasteiger partial charge on any atom is 0.350 e. The van der Waals surface area contributed by atoms with Gasteiger partial charge in [-0.2, -0.15) is 0 Å². The van der Waals surface area contributed by atoms with Crippen LogP contribution < -0.4 is 10.6 Å². The van der Waals surface area contributed by atoms with Crippen molar-refractivity contribution in [2.24, 2.45) is 5.73 Å². The number of hydrogen-bond donors (Lipinski definition) is 1. The van der Waals surface area contributed by atoms with Gasteiger partial charge in [0.15, 0.2) is 0 Å². The Kier molecular flexibility index (Phi) is 2.57. The van der Waals surface area contributed by atoms with Crippen LogP contribution >= 0.6 is 0 Å². The van der Waals surface area contributed by atoms with Crippen LogP contribution in [0.25, 0.3) is 21.8 Å². The van der Waals surface area contributed by atoms with Crippen LogP contribution in [-0.4, -0.2) is 35.7 Å². The van der Waals surface area contributed by atoms with Gasteiger partial charge in [0.05, 0.1) is 24.6 Å². The first kappa shape index (κ1) is 12.1. The molecule has 0 saturated carbocycles. The van der Waals surface area contributed by atoms with Gasteiger partial charge in [-0.1, -0.05) is 24.3 Å². The number of fused-ring (bicyclic) bond motifs is 2. The van der Waals surface area contributed by atoms with Gasteiger partial charge in [-0.25, -0.2) is 9.88 Å². The molecule has 0 saturated heterocycles. The molecule has 4 heteroatoms. The largest absolute Gasteiger partial charge is 0.350 e. The molecule has 4 nitrogen and oxygen atoms in total. The summed E-state index contributed by atoms with van der Waals surface area (Å²) in [5.41, 5.74) is 9.47. The summed E-state index contributed by atoms with van der Waals surface area (Å²) in [5.74, 6) is 0.802. The van der Waals surface area contributed by atoms with E-state index in [9.17, 15) is 0 Å². The molecule has 2 heterocycles. The Morgan fingerprint density at radius 2 is 1.57 bits per heavy atom. The summed E-state index contributed by atoms with van der Waals surface area (Å²) in [6.45, 7) is 1.84. The van der Waals surface area contributed by atoms with Crippen LogP contribution in [0.2, 0.25) is 0 Å². The predicted octanol–water partition coefficient (Wildman–Crippen LogP) is 2.17. The normalized spacial score (nSPS) is 15.4. The zero-order chi connectivity index (χ0) is 14.4. The lowest BCUT2D eigenvalue weighted by molar-refractivity contribution is -0.487. The van der Waals surface area contributed by atoms with E-state index >= 15 is 0 Å². The van der Waals surface area contributed by atoms with Crippen LogP contribution in [0, 0.1) is 0 Å². The van der Waals surface area contributed by atoms with Gasteiger partial charge in [-0.15, -0.1) is 0 Å². The van der Waals surface area contributed by atoms with Gasteiger partial charge in [0.25, 0.3) is 0 Å². The Balaban J connectivity index is 2.13. The zero-order valence-corrected chi connectivity index (χ0v) is 12.0. The van der Waals surface area contributed by atoms with E-state index in [2.05, 4.69) is 45.9 Å². The van der Waals surface area contributed by atoms with Crippen molar-refractivity contribution in [2.75, 3.05) is 25.0 Å². The van der Waals surface area contributed by atoms with Crippen LogP contribution in [0.15, 0.2) is 48.5 Å². The minimum atomic E-state index is 0.802. The van der Waals surface area contributed by atoms with Gasteiger partial charge < -0.3 is 0 Å². The average molecular weight is 277 g/mol. The van der Waals surface area contributed by atoms with E-state index in [-0.39, 0.29) is 0 Å². The van der Waals surface area contributed by atoms with Crippen molar-refractivity contribution in [1.29, 1.82) is 0 Å². The second-order valence-electron chi connectivity index (χ2n) is 5.43. The van der Waals surface area contributed by atoms with Gasteiger partial charge in [0.2, 0.25) is 0 Å². The second kappa shape index (κ2) is 4.45. The van der Waals surface area contributed by atoms with E-state index in [0.29, 0.717) is 0 Å². The number of pyridine rings is 1. The number of aromatic nitrogens is 1. The van der Waals surface area contributed by atoms with Crippen molar-refractivity contribution in [3.8, 4) is 0 Å². The number of rotatable bonds is 1. The first-order valence-corrected chi connectivity index (χ1v) is 7.14. The van der Waals surface area contributed by atoms with Gasteiger partial charge >= 0.3 is 5.96 Å². The number of para-hydroxylation sites is 2. The molecule has 21 heavy (non-hydrogen) atoms. The second-order valence-corrected chi connectivity index (χ2v) is 5.43. The van der Waals surface area contributed by atoms with E-state index in [1.54, 1.807) is 0 Å². The third-order valence-corrected chi connectivity index (χ3v) is 4.16. The molecule has 2 aromatic carbocycles. The van der Waals surface area contributed by atoms with Crippen molar-refractivity contribution in [1.82, 2.24) is 4.98 Å². The smallest absolute Gasteiger partial charge is 0.290 e. The van der Waals surface area contributed by atoms with Gasteiger partial charge in [-0.3, -0.25) is 10.3 Å². The molecular weight excluding hydrogens is 260 g/mol. The van der Waals surface area contributed by atoms with Crippen LogP contribution in [0.1, 0.15) is 0 Å². The summed E-state index contributed by atoms with van der Waals surface area (Å²) in [6.07, 6.45) is 0. The molecule has 0 amide bonds. The van der Waals surface area contributed by atoms with Crippen LogP contribution in [0.3, 0.4) is 0 Å². The molecule has 0 aliphatic carbocycles. The monoisotopic (exact) mass is 277 g/mol. The Morgan fingerprint density at radius 1 is 1.00 bits per heavy atom. The van der Waals surface area contributed by atoms with E-state index in [1.807, 2.05) is 19.2 Å². The molecular formula is C17H17N4+. The van der Waals surface area contributed by atoms with Crippen molar-refractivity contribution >= 4 is 33.5 Å². The maximum atomic E-state index is 6.28. The van der Waals surface area contributed by atoms with Crippen molar-refractivity contribution in [3.05, 3.63) is 48.5 Å². The molecule has 0 atom stereocenters.